The lowest BCUT2D eigenvalue weighted by Gasteiger charge is -2.16. The van der Waals surface area contributed by atoms with Gasteiger partial charge < -0.3 is 5.32 Å². The monoisotopic (exact) mass is 253 g/mol. The molecule has 100 valence electrons. The lowest BCUT2D eigenvalue weighted by atomic mass is 9.94. The summed E-state index contributed by atoms with van der Waals surface area (Å²) < 4.78 is 0. The topological polar surface area (TPSA) is 12.0 Å². The van der Waals surface area contributed by atoms with E-state index < -0.39 is 0 Å². The van der Waals surface area contributed by atoms with Crippen LogP contribution in [0.25, 0.3) is 11.1 Å². The van der Waals surface area contributed by atoms with Crippen molar-refractivity contribution in [3.8, 4) is 11.1 Å². The van der Waals surface area contributed by atoms with Crippen molar-refractivity contribution in [2.75, 3.05) is 7.05 Å². The fraction of sp³-hybridized carbons (Fsp3) is 0.333. The Kier molecular flexibility index (Phi) is 4.75. The summed E-state index contributed by atoms with van der Waals surface area (Å²) >= 11 is 0. The maximum absolute atomic E-state index is 3.32. The summed E-state index contributed by atoms with van der Waals surface area (Å²) in [6, 6.07) is 18.0. The molecule has 2 rings (SSSR count). The van der Waals surface area contributed by atoms with Crippen LogP contribution in [-0.2, 0) is 6.42 Å². The molecule has 0 aromatic heterocycles. The predicted molar refractivity (Wildman–Crippen MR) is 83.3 cm³/mol. The van der Waals surface area contributed by atoms with Crippen LogP contribution in [0.5, 0.6) is 0 Å². The summed E-state index contributed by atoms with van der Waals surface area (Å²) in [6.07, 6.45) is 2.36. The normalized spacial score (nSPS) is 12.4. The molecule has 1 nitrogen and oxygen atoms in total. The van der Waals surface area contributed by atoms with Gasteiger partial charge in [0, 0.05) is 6.04 Å². The van der Waals surface area contributed by atoms with Gasteiger partial charge in [-0.1, -0.05) is 61.9 Å². The second-order valence-corrected chi connectivity index (χ2v) is 5.04. The van der Waals surface area contributed by atoms with E-state index in [0.717, 1.165) is 6.42 Å². The van der Waals surface area contributed by atoms with Crippen molar-refractivity contribution in [1.82, 2.24) is 5.32 Å². The summed E-state index contributed by atoms with van der Waals surface area (Å²) in [7, 11) is 2.01. The van der Waals surface area contributed by atoms with Gasteiger partial charge in [0.2, 0.25) is 0 Å². The summed E-state index contributed by atoms with van der Waals surface area (Å²) in [6.45, 7) is 4.42. The average molecular weight is 253 g/mol. The Bertz CT molecular complexity index is 513. The third-order valence-corrected chi connectivity index (χ3v) is 3.66. The second kappa shape index (κ2) is 6.53. The van der Waals surface area contributed by atoms with Gasteiger partial charge in [0.15, 0.2) is 0 Å². The summed E-state index contributed by atoms with van der Waals surface area (Å²) in [5, 5.41) is 3.32. The Morgan fingerprint density at radius 3 is 2.32 bits per heavy atom. The van der Waals surface area contributed by atoms with E-state index in [1.54, 1.807) is 0 Å². The van der Waals surface area contributed by atoms with Gasteiger partial charge in [-0.15, -0.1) is 0 Å². The first-order valence-corrected chi connectivity index (χ1v) is 7.11. The van der Waals surface area contributed by atoms with Crippen LogP contribution in [0.3, 0.4) is 0 Å². The van der Waals surface area contributed by atoms with Gasteiger partial charge in [-0.05, 0) is 42.6 Å². The quantitative estimate of drug-likeness (QED) is 0.822. The molecule has 0 spiro atoms. The van der Waals surface area contributed by atoms with E-state index in [9.17, 15) is 0 Å². The minimum absolute atomic E-state index is 0.367. The lowest BCUT2D eigenvalue weighted by Crippen LogP contribution is -2.13. The third kappa shape index (κ3) is 3.24. The lowest BCUT2D eigenvalue weighted by molar-refractivity contribution is 0.654. The van der Waals surface area contributed by atoms with E-state index in [-0.39, 0.29) is 0 Å². The molecule has 1 N–H and O–H groups in total. The van der Waals surface area contributed by atoms with Crippen LogP contribution < -0.4 is 5.32 Å². The molecule has 0 saturated heterocycles. The zero-order valence-corrected chi connectivity index (χ0v) is 12.1. The maximum Gasteiger partial charge on any atom is 0.0295 e. The highest BCUT2D eigenvalue weighted by Crippen LogP contribution is 2.28. The molecule has 1 atom stereocenters. The molecule has 0 bridgehead atoms. The fourth-order valence-electron chi connectivity index (χ4n) is 2.43. The molecule has 2 aromatic carbocycles. The SMILES string of the molecule is CCCc1ccc(-c2ccccc2C(C)NC)cc1. The summed E-state index contributed by atoms with van der Waals surface area (Å²) in [5.41, 5.74) is 5.41. The minimum Gasteiger partial charge on any atom is -0.313 e. The van der Waals surface area contributed by atoms with E-state index in [0.29, 0.717) is 6.04 Å². The van der Waals surface area contributed by atoms with E-state index in [2.05, 4.69) is 67.7 Å². The Hall–Kier alpha value is -1.60. The van der Waals surface area contributed by atoms with Crippen LogP contribution in [-0.4, -0.2) is 7.05 Å². The van der Waals surface area contributed by atoms with Crippen LogP contribution in [0.4, 0.5) is 0 Å². The molecule has 0 aliphatic rings. The van der Waals surface area contributed by atoms with E-state index >= 15 is 0 Å². The Morgan fingerprint density at radius 1 is 1.00 bits per heavy atom. The molecule has 2 aromatic rings. The average Bonchev–Trinajstić information content (AvgIpc) is 2.47. The molecule has 1 unspecified atom stereocenters. The highest BCUT2D eigenvalue weighted by atomic mass is 14.9. The van der Waals surface area contributed by atoms with E-state index in [4.69, 9.17) is 0 Å². The third-order valence-electron chi connectivity index (χ3n) is 3.66. The number of rotatable bonds is 5. The first-order chi connectivity index (χ1) is 9.26. The van der Waals surface area contributed by atoms with Crippen molar-refractivity contribution in [2.24, 2.45) is 0 Å². The Morgan fingerprint density at radius 2 is 1.68 bits per heavy atom. The van der Waals surface area contributed by atoms with Crippen molar-refractivity contribution in [2.45, 2.75) is 32.7 Å². The number of nitrogens with one attached hydrogen (secondary N) is 1. The van der Waals surface area contributed by atoms with E-state index in [1.807, 2.05) is 7.05 Å². The van der Waals surface area contributed by atoms with E-state index in [1.165, 1.54) is 28.7 Å². The van der Waals surface area contributed by atoms with Crippen LogP contribution >= 0.6 is 0 Å². The first-order valence-electron chi connectivity index (χ1n) is 7.11. The Balaban J connectivity index is 2.35. The molecule has 0 aliphatic heterocycles. The largest absolute Gasteiger partial charge is 0.313 e. The predicted octanol–water partition coefficient (Wildman–Crippen LogP) is 4.59. The zero-order valence-electron chi connectivity index (χ0n) is 12.1. The molecule has 0 heterocycles. The summed E-state index contributed by atoms with van der Waals surface area (Å²) in [4.78, 5) is 0. The van der Waals surface area contributed by atoms with Gasteiger partial charge in [-0.2, -0.15) is 0 Å². The number of aryl methyl sites for hydroxylation is 1. The van der Waals surface area contributed by atoms with Crippen molar-refractivity contribution in [3.63, 3.8) is 0 Å². The molecule has 0 radical (unpaired) electrons. The highest BCUT2D eigenvalue weighted by molar-refractivity contribution is 5.68. The molecule has 0 amide bonds. The number of hydrogen-bond donors (Lipinski definition) is 1. The zero-order chi connectivity index (χ0) is 13.7. The van der Waals surface area contributed by atoms with Crippen molar-refractivity contribution in [1.29, 1.82) is 0 Å². The van der Waals surface area contributed by atoms with Gasteiger partial charge in [0.05, 0.1) is 0 Å². The molecular weight excluding hydrogens is 230 g/mol. The molecule has 1 heteroatoms. The molecular formula is C18H23N. The summed E-state index contributed by atoms with van der Waals surface area (Å²) in [5.74, 6) is 0. The van der Waals surface area contributed by atoms with Crippen LogP contribution in [0.15, 0.2) is 48.5 Å². The van der Waals surface area contributed by atoms with Crippen molar-refractivity contribution in [3.05, 3.63) is 59.7 Å². The number of hydrogen-bond acceptors (Lipinski definition) is 1. The molecule has 0 aliphatic carbocycles. The highest BCUT2D eigenvalue weighted by Gasteiger charge is 2.09. The van der Waals surface area contributed by atoms with Crippen LogP contribution in [0.1, 0.15) is 37.4 Å². The van der Waals surface area contributed by atoms with Gasteiger partial charge in [0.25, 0.3) is 0 Å². The molecule has 0 fully saturated rings. The molecule has 0 saturated carbocycles. The first kappa shape index (κ1) is 13.8. The Labute approximate surface area is 116 Å². The van der Waals surface area contributed by atoms with Crippen LogP contribution in [0.2, 0.25) is 0 Å². The smallest absolute Gasteiger partial charge is 0.0295 e. The van der Waals surface area contributed by atoms with Gasteiger partial charge in [0.1, 0.15) is 0 Å². The van der Waals surface area contributed by atoms with Crippen LogP contribution in [0, 0.1) is 0 Å². The van der Waals surface area contributed by atoms with Crippen molar-refractivity contribution < 1.29 is 0 Å². The van der Waals surface area contributed by atoms with Gasteiger partial charge in [-0.3, -0.25) is 0 Å². The maximum atomic E-state index is 3.32. The minimum atomic E-state index is 0.367. The second-order valence-electron chi connectivity index (χ2n) is 5.04. The standard InChI is InChI=1S/C18H23N/c1-4-7-15-10-12-16(13-11-15)18-9-6-5-8-17(18)14(2)19-3/h5-6,8-14,19H,4,7H2,1-3H3. The number of benzene rings is 2. The van der Waals surface area contributed by atoms with Crippen molar-refractivity contribution >= 4 is 0 Å². The molecule has 19 heavy (non-hydrogen) atoms. The fourth-order valence-corrected chi connectivity index (χ4v) is 2.43. The van der Waals surface area contributed by atoms with Gasteiger partial charge >= 0.3 is 0 Å². The van der Waals surface area contributed by atoms with Gasteiger partial charge in [-0.25, -0.2) is 0 Å².